The van der Waals surface area contributed by atoms with Crippen molar-refractivity contribution in [2.24, 2.45) is 5.92 Å². The molecule has 2 aromatic carbocycles. The van der Waals surface area contributed by atoms with Crippen LogP contribution in [0.2, 0.25) is 5.02 Å². The summed E-state index contributed by atoms with van der Waals surface area (Å²) >= 11 is 5.94. The molecule has 4 nitrogen and oxygen atoms in total. The zero-order valence-electron chi connectivity index (χ0n) is 17.3. The van der Waals surface area contributed by atoms with E-state index in [1.165, 1.54) is 11.3 Å². The third kappa shape index (κ3) is 5.83. The Hall–Kier alpha value is -2.33. The van der Waals surface area contributed by atoms with Gasteiger partial charge in [0.1, 0.15) is 5.82 Å². The fraction of sp³-hybridized carbons (Fsp3) is 0.417. The number of benzene rings is 2. The first-order chi connectivity index (χ1) is 14.1. The van der Waals surface area contributed by atoms with Crippen LogP contribution in [0.3, 0.4) is 0 Å². The summed E-state index contributed by atoms with van der Waals surface area (Å²) in [4.78, 5) is 17.0. The highest BCUT2D eigenvalue weighted by Gasteiger charge is 2.12. The summed E-state index contributed by atoms with van der Waals surface area (Å²) in [7, 11) is 0. The van der Waals surface area contributed by atoms with Crippen molar-refractivity contribution >= 4 is 28.5 Å². The number of para-hydroxylation sites is 2. The number of halogens is 1. The van der Waals surface area contributed by atoms with Crippen molar-refractivity contribution in [3.05, 3.63) is 64.9 Å². The van der Waals surface area contributed by atoms with Gasteiger partial charge in [-0.1, -0.05) is 56.5 Å². The first kappa shape index (κ1) is 21.4. The fourth-order valence-corrected chi connectivity index (χ4v) is 3.67. The van der Waals surface area contributed by atoms with Gasteiger partial charge < -0.3 is 9.88 Å². The van der Waals surface area contributed by atoms with Crippen LogP contribution in [0, 0.1) is 5.92 Å². The number of imidazole rings is 1. The van der Waals surface area contributed by atoms with Crippen LogP contribution in [0.5, 0.6) is 0 Å². The molecule has 1 N–H and O–H groups in total. The predicted molar refractivity (Wildman–Crippen MR) is 121 cm³/mol. The molecule has 0 saturated carbocycles. The quantitative estimate of drug-likeness (QED) is 0.423. The molecule has 0 aliphatic carbocycles. The first-order valence-corrected chi connectivity index (χ1v) is 10.9. The first-order valence-electron chi connectivity index (χ1n) is 10.6. The zero-order chi connectivity index (χ0) is 20.6. The van der Waals surface area contributed by atoms with Crippen LogP contribution < -0.4 is 5.32 Å². The average Bonchev–Trinajstić information content (AvgIpc) is 3.07. The lowest BCUT2D eigenvalue weighted by Gasteiger charge is -2.14. The second-order valence-electron chi connectivity index (χ2n) is 7.72. The van der Waals surface area contributed by atoms with Gasteiger partial charge in [0.05, 0.1) is 11.0 Å². The second kappa shape index (κ2) is 10.4. The largest absolute Gasteiger partial charge is 0.352 e. The van der Waals surface area contributed by atoms with Gasteiger partial charge in [0.25, 0.3) is 5.91 Å². The number of hydrogen-bond acceptors (Lipinski definition) is 2. The van der Waals surface area contributed by atoms with Gasteiger partial charge in [-0.2, -0.15) is 0 Å². The minimum absolute atomic E-state index is 0.0668. The molecule has 0 radical (unpaired) electrons. The molecule has 0 fully saturated rings. The minimum atomic E-state index is -0.0668. The van der Waals surface area contributed by atoms with Crippen LogP contribution in [0.4, 0.5) is 0 Å². The summed E-state index contributed by atoms with van der Waals surface area (Å²) in [6, 6.07) is 15.4. The molecular weight excluding hydrogens is 382 g/mol. The summed E-state index contributed by atoms with van der Waals surface area (Å²) < 4.78 is 2.39. The molecule has 0 saturated heterocycles. The smallest absolute Gasteiger partial charge is 0.251 e. The molecule has 3 rings (SSSR count). The summed E-state index contributed by atoms with van der Waals surface area (Å²) in [6.07, 6.45) is 5.21. The number of nitrogens with zero attached hydrogens (tertiary/aromatic N) is 2. The Morgan fingerprint density at radius 3 is 2.76 bits per heavy atom. The van der Waals surface area contributed by atoms with Gasteiger partial charge in [-0.25, -0.2) is 4.98 Å². The maximum atomic E-state index is 12.1. The summed E-state index contributed by atoms with van der Waals surface area (Å²) in [5.41, 5.74) is 2.92. The highest BCUT2D eigenvalue weighted by Crippen LogP contribution is 2.20. The van der Waals surface area contributed by atoms with E-state index >= 15 is 0 Å². The van der Waals surface area contributed by atoms with E-state index in [9.17, 15) is 4.79 Å². The Kier molecular flexibility index (Phi) is 7.70. The number of aromatic nitrogens is 2. The van der Waals surface area contributed by atoms with Crippen LogP contribution in [-0.2, 0) is 13.0 Å². The van der Waals surface area contributed by atoms with Crippen molar-refractivity contribution in [3.8, 4) is 0 Å². The molecule has 29 heavy (non-hydrogen) atoms. The number of aryl methyl sites for hydroxylation is 1. The van der Waals surface area contributed by atoms with Crippen molar-refractivity contribution in [1.29, 1.82) is 0 Å². The van der Waals surface area contributed by atoms with E-state index in [1.807, 2.05) is 0 Å². The average molecular weight is 412 g/mol. The number of amides is 1. The normalized spacial score (nSPS) is 12.2. The molecule has 3 aromatic rings. The Morgan fingerprint density at radius 2 is 1.97 bits per heavy atom. The van der Waals surface area contributed by atoms with Gasteiger partial charge in [-0.3, -0.25) is 4.79 Å². The van der Waals surface area contributed by atoms with Crippen molar-refractivity contribution < 1.29 is 4.79 Å². The Morgan fingerprint density at radius 1 is 1.14 bits per heavy atom. The molecule has 1 atom stereocenters. The van der Waals surface area contributed by atoms with Crippen molar-refractivity contribution in [2.45, 2.75) is 52.5 Å². The van der Waals surface area contributed by atoms with Gasteiger partial charge in [0, 0.05) is 30.1 Å². The van der Waals surface area contributed by atoms with E-state index in [2.05, 4.69) is 48.0 Å². The lowest BCUT2D eigenvalue weighted by molar-refractivity contribution is 0.0953. The molecule has 154 valence electrons. The molecule has 0 bridgehead atoms. The highest BCUT2D eigenvalue weighted by molar-refractivity contribution is 6.30. The van der Waals surface area contributed by atoms with Crippen LogP contribution in [0.25, 0.3) is 11.0 Å². The van der Waals surface area contributed by atoms with E-state index in [-0.39, 0.29) is 5.91 Å². The van der Waals surface area contributed by atoms with E-state index < -0.39 is 0 Å². The predicted octanol–water partition coefficient (Wildman–Crippen LogP) is 5.88. The van der Waals surface area contributed by atoms with E-state index in [0.717, 1.165) is 44.2 Å². The van der Waals surface area contributed by atoms with Crippen molar-refractivity contribution in [2.75, 3.05) is 6.54 Å². The maximum absolute atomic E-state index is 12.1. The van der Waals surface area contributed by atoms with Gasteiger partial charge in [0.2, 0.25) is 0 Å². The number of fused-ring (bicyclic) bond motifs is 1. The molecule has 5 heteroatoms. The fourth-order valence-electron chi connectivity index (χ4n) is 3.48. The zero-order valence-corrected chi connectivity index (χ0v) is 18.1. The molecular formula is C24H30ClN3O. The Labute approximate surface area is 178 Å². The number of hydrogen-bond donors (Lipinski definition) is 1. The summed E-state index contributed by atoms with van der Waals surface area (Å²) in [6.45, 7) is 6.22. The van der Waals surface area contributed by atoms with Gasteiger partial charge in [0.15, 0.2) is 0 Å². The third-order valence-electron chi connectivity index (χ3n) is 5.37. The summed E-state index contributed by atoms with van der Waals surface area (Å²) in [5.74, 6) is 1.74. The molecule has 1 unspecified atom stereocenters. The number of carbonyl (C=O) groups is 1. The van der Waals surface area contributed by atoms with Gasteiger partial charge in [-0.15, -0.1) is 0 Å². The lowest BCUT2D eigenvalue weighted by atomic mass is 10.1. The molecule has 0 aliphatic heterocycles. The molecule has 1 heterocycles. The molecule has 0 aliphatic rings. The van der Waals surface area contributed by atoms with E-state index in [1.54, 1.807) is 24.3 Å². The maximum Gasteiger partial charge on any atom is 0.251 e. The molecule has 0 spiro atoms. The van der Waals surface area contributed by atoms with Crippen LogP contribution in [0.1, 0.15) is 55.7 Å². The lowest BCUT2D eigenvalue weighted by Crippen LogP contribution is -2.24. The Bertz CT molecular complexity index is 950. The monoisotopic (exact) mass is 411 g/mol. The van der Waals surface area contributed by atoms with Crippen LogP contribution in [0.15, 0.2) is 48.5 Å². The highest BCUT2D eigenvalue weighted by atomic mass is 35.5. The number of nitrogens with one attached hydrogen (secondary N) is 1. The third-order valence-corrected chi connectivity index (χ3v) is 5.61. The molecule has 1 aromatic heterocycles. The van der Waals surface area contributed by atoms with Crippen LogP contribution in [-0.4, -0.2) is 22.0 Å². The van der Waals surface area contributed by atoms with E-state index in [0.29, 0.717) is 23.0 Å². The standard InChI is InChI=1S/C24H30ClN3O/c1-3-18(2)17-28-22-13-7-6-12-21(22)27-23(28)14-5-4-8-15-26-24(29)19-10-9-11-20(25)16-19/h6-7,9-13,16,18H,3-5,8,14-15,17H2,1-2H3,(H,26,29). The molecule has 1 amide bonds. The topological polar surface area (TPSA) is 46.9 Å². The SMILES string of the molecule is CCC(C)Cn1c(CCCCCNC(=O)c2cccc(Cl)c2)nc2ccccc21. The summed E-state index contributed by atoms with van der Waals surface area (Å²) in [5, 5.41) is 3.55. The minimum Gasteiger partial charge on any atom is -0.352 e. The number of rotatable bonds is 10. The Balaban J connectivity index is 1.48. The number of unbranched alkanes of at least 4 members (excludes halogenated alkanes) is 2. The van der Waals surface area contributed by atoms with Crippen LogP contribution >= 0.6 is 11.6 Å². The van der Waals surface area contributed by atoms with Crippen molar-refractivity contribution in [1.82, 2.24) is 14.9 Å². The van der Waals surface area contributed by atoms with E-state index in [4.69, 9.17) is 16.6 Å². The van der Waals surface area contributed by atoms with Gasteiger partial charge in [-0.05, 0) is 49.1 Å². The van der Waals surface area contributed by atoms with Crippen molar-refractivity contribution in [3.63, 3.8) is 0 Å². The number of carbonyl (C=O) groups excluding carboxylic acids is 1. The second-order valence-corrected chi connectivity index (χ2v) is 8.15. The van der Waals surface area contributed by atoms with Gasteiger partial charge >= 0.3 is 0 Å².